The van der Waals surface area contributed by atoms with E-state index in [1.165, 1.54) is 14.2 Å². The Morgan fingerprint density at radius 3 is 2.37 bits per heavy atom. The standard InChI is InChI=1S/C20H20BrNO5/c1-26-18(23)11-10-17(20(25)27-2)22-19(24)16-12-14(21)8-9-15(16)13-6-4-3-5-7-13/h3-9,12,17H,10-11H2,1-2H3,(H,22,24)/t17-/m0/s1. The summed E-state index contributed by atoms with van der Waals surface area (Å²) >= 11 is 3.37. The van der Waals surface area contributed by atoms with Crippen molar-refractivity contribution in [3.63, 3.8) is 0 Å². The molecule has 0 heterocycles. The van der Waals surface area contributed by atoms with Gasteiger partial charge in [0, 0.05) is 16.5 Å². The first-order chi connectivity index (χ1) is 13.0. The van der Waals surface area contributed by atoms with E-state index in [-0.39, 0.29) is 12.8 Å². The molecule has 142 valence electrons. The first-order valence-corrected chi connectivity index (χ1v) is 9.06. The molecule has 1 amide bonds. The molecule has 1 atom stereocenters. The minimum atomic E-state index is -0.954. The molecule has 2 rings (SSSR count). The van der Waals surface area contributed by atoms with Gasteiger partial charge >= 0.3 is 11.9 Å². The summed E-state index contributed by atoms with van der Waals surface area (Å²) in [5.41, 5.74) is 2.01. The van der Waals surface area contributed by atoms with Crippen LogP contribution in [0.2, 0.25) is 0 Å². The Morgan fingerprint density at radius 1 is 1.04 bits per heavy atom. The number of hydrogen-bond acceptors (Lipinski definition) is 5. The van der Waals surface area contributed by atoms with Gasteiger partial charge in [-0.05, 0) is 29.7 Å². The number of methoxy groups -OCH3 is 2. The largest absolute Gasteiger partial charge is 0.469 e. The Morgan fingerprint density at radius 2 is 1.74 bits per heavy atom. The minimum Gasteiger partial charge on any atom is -0.469 e. The second-order valence-corrected chi connectivity index (χ2v) is 6.64. The molecule has 0 unspecified atom stereocenters. The fraction of sp³-hybridized carbons (Fsp3) is 0.250. The number of rotatable bonds is 7. The SMILES string of the molecule is COC(=O)CC[C@H](NC(=O)c1cc(Br)ccc1-c1ccccc1)C(=O)OC. The highest BCUT2D eigenvalue weighted by atomic mass is 79.9. The van der Waals surface area contributed by atoms with Crippen molar-refractivity contribution in [1.29, 1.82) is 0 Å². The van der Waals surface area contributed by atoms with Crippen LogP contribution < -0.4 is 5.32 Å². The molecule has 0 aliphatic carbocycles. The first kappa shape index (κ1) is 20.6. The molecule has 1 N–H and O–H groups in total. The van der Waals surface area contributed by atoms with Crippen molar-refractivity contribution in [3.8, 4) is 11.1 Å². The average molecular weight is 434 g/mol. The lowest BCUT2D eigenvalue weighted by Gasteiger charge is -2.17. The number of hydrogen-bond donors (Lipinski definition) is 1. The predicted molar refractivity (Wildman–Crippen MR) is 104 cm³/mol. The van der Waals surface area contributed by atoms with E-state index >= 15 is 0 Å². The van der Waals surface area contributed by atoms with E-state index in [2.05, 4.69) is 26.0 Å². The summed E-state index contributed by atoms with van der Waals surface area (Å²) in [5, 5.41) is 2.66. The maximum atomic E-state index is 12.9. The van der Waals surface area contributed by atoms with E-state index in [9.17, 15) is 14.4 Å². The molecule has 2 aromatic rings. The van der Waals surface area contributed by atoms with Gasteiger partial charge in [-0.3, -0.25) is 9.59 Å². The molecular weight excluding hydrogens is 414 g/mol. The van der Waals surface area contributed by atoms with Crippen molar-refractivity contribution < 1.29 is 23.9 Å². The van der Waals surface area contributed by atoms with Gasteiger partial charge in [-0.1, -0.05) is 52.3 Å². The quantitative estimate of drug-likeness (QED) is 0.677. The molecule has 0 radical (unpaired) electrons. The topological polar surface area (TPSA) is 81.7 Å². The number of ether oxygens (including phenoxy) is 2. The number of nitrogens with one attached hydrogen (secondary N) is 1. The van der Waals surface area contributed by atoms with E-state index in [1.807, 2.05) is 42.5 Å². The average Bonchev–Trinajstić information content (AvgIpc) is 2.70. The van der Waals surface area contributed by atoms with Crippen molar-refractivity contribution in [2.45, 2.75) is 18.9 Å². The summed E-state index contributed by atoms with van der Waals surface area (Å²) in [7, 11) is 2.50. The Kier molecular flexibility index (Phi) is 7.55. The molecule has 27 heavy (non-hydrogen) atoms. The van der Waals surface area contributed by atoms with Crippen molar-refractivity contribution in [1.82, 2.24) is 5.32 Å². The Hall–Kier alpha value is -2.67. The van der Waals surface area contributed by atoms with Crippen molar-refractivity contribution in [2.24, 2.45) is 0 Å². The zero-order valence-corrected chi connectivity index (χ0v) is 16.6. The van der Waals surface area contributed by atoms with E-state index in [0.717, 1.165) is 15.6 Å². The van der Waals surface area contributed by atoms with Crippen LogP contribution in [0, 0.1) is 0 Å². The molecule has 7 heteroatoms. The first-order valence-electron chi connectivity index (χ1n) is 8.26. The fourth-order valence-corrected chi connectivity index (χ4v) is 2.93. The van der Waals surface area contributed by atoms with Gasteiger partial charge in [0.1, 0.15) is 6.04 Å². The highest BCUT2D eigenvalue weighted by Gasteiger charge is 2.24. The lowest BCUT2D eigenvalue weighted by molar-refractivity contribution is -0.144. The van der Waals surface area contributed by atoms with Crippen LogP contribution in [-0.4, -0.2) is 38.1 Å². The lowest BCUT2D eigenvalue weighted by Crippen LogP contribution is -2.42. The van der Waals surface area contributed by atoms with Gasteiger partial charge in [0.25, 0.3) is 5.91 Å². The van der Waals surface area contributed by atoms with Crippen LogP contribution in [-0.2, 0) is 19.1 Å². The molecule has 0 aliphatic heterocycles. The second-order valence-electron chi connectivity index (χ2n) is 5.72. The highest BCUT2D eigenvalue weighted by molar-refractivity contribution is 9.10. The maximum absolute atomic E-state index is 12.9. The Labute approximate surface area is 166 Å². The van der Waals surface area contributed by atoms with Crippen molar-refractivity contribution >= 4 is 33.8 Å². The van der Waals surface area contributed by atoms with E-state index in [4.69, 9.17) is 4.74 Å². The van der Waals surface area contributed by atoms with Gasteiger partial charge in [-0.25, -0.2) is 4.79 Å². The summed E-state index contributed by atoms with van der Waals surface area (Å²) in [6, 6.07) is 13.9. The number of amides is 1. The third-order valence-corrected chi connectivity index (χ3v) is 4.46. The Bertz CT molecular complexity index is 822. The fourth-order valence-electron chi connectivity index (χ4n) is 2.57. The maximum Gasteiger partial charge on any atom is 0.328 e. The van der Waals surface area contributed by atoms with E-state index < -0.39 is 23.9 Å². The number of halogens is 1. The molecule has 0 saturated heterocycles. The molecule has 2 aromatic carbocycles. The predicted octanol–water partition coefficient (Wildman–Crippen LogP) is 3.34. The van der Waals surface area contributed by atoms with Crippen LogP contribution in [0.1, 0.15) is 23.2 Å². The summed E-state index contributed by atoms with van der Waals surface area (Å²) < 4.78 is 10.1. The van der Waals surface area contributed by atoms with Crippen LogP contribution in [0.3, 0.4) is 0 Å². The number of carbonyl (C=O) groups excluding carboxylic acids is 3. The summed E-state index contributed by atoms with van der Waals surface area (Å²) in [6.45, 7) is 0. The molecule has 0 aliphatic rings. The third-order valence-electron chi connectivity index (χ3n) is 3.97. The van der Waals surface area contributed by atoms with E-state index in [0.29, 0.717) is 5.56 Å². The number of esters is 2. The molecule has 0 bridgehead atoms. The molecular formula is C20H20BrNO5. The number of benzene rings is 2. The second kappa shape index (κ2) is 9.87. The zero-order valence-electron chi connectivity index (χ0n) is 15.0. The lowest BCUT2D eigenvalue weighted by atomic mass is 9.99. The molecule has 6 nitrogen and oxygen atoms in total. The van der Waals surface area contributed by atoms with Gasteiger partial charge in [0.2, 0.25) is 0 Å². The van der Waals surface area contributed by atoms with Gasteiger partial charge in [-0.15, -0.1) is 0 Å². The molecule has 0 fully saturated rings. The van der Waals surface area contributed by atoms with Crippen LogP contribution >= 0.6 is 15.9 Å². The third kappa shape index (κ3) is 5.65. The van der Waals surface area contributed by atoms with Crippen molar-refractivity contribution in [2.75, 3.05) is 14.2 Å². The molecule has 0 saturated carbocycles. The van der Waals surface area contributed by atoms with Gasteiger partial charge in [0.05, 0.1) is 14.2 Å². The summed E-state index contributed by atoms with van der Waals surface area (Å²) in [5.74, 6) is -1.52. The van der Waals surface area contributed by atoms with Gasteiger partial charge < -0.3 is 14.8 Å². The minimum absolute atomic E-state index is 0.0133. The van der Waals surface area contributed by atoms with Crippen LogP contribution in [0.5, 0.6) is 0 Å². The smallest absolute Gasteiger partial charge is 0.328 e. The summed E-state index contributed by atoms with van der Waals surface area (Å²) in [6.07, 6.45) is 0.0698. The van der Waals surface area contributed by atoms with Crippen LogP contribution in [0.25, 0.3) is 11.1 Å². The molecule has 0 aromatic heterocycles. The number of carbonyl (C=O) groups is 3. The monoisotopic (exact) mass is 433 g/mol. The highest BCUT2D eigenvalue weighted by Crippen LogP contribution is 2.27. The molecule has 0 spiro atoms. The van der Waals surface area contributed by atoms with Crippen molar-refractivity contribution in [3.05, 3.63) is 58.6 Å². The van der Waals surface area contributed by atoms with Gasteiger partial charge in [0.15, 0.2) is 0 Å². The zero-order chi connectivity index (χ0) is 19.8. The Balaban J connectivity index is 2.28. The van der Waals surface area contributed by atoms with E-state index in [1.54, 1.807) is 6.07 Å². The summed E-state index contributed by atoms with van der Waals surface area (Å²) in [4.78, 5) is 36.3. The normalized spacial score (nSPS) is 11.4. The van der Waals surface area contributed by atoms with Crippen LogP contribution in [0.15, 0.2) is 53.0 Å². The van der Waals surface area contributed by atoms with Crippen LogP contribution in [0.4, 0.5) is 0 Å². The van der Waals surface area contributed by atoms with Gasteiger partial charge in [-0.2, -0.15) is 0 Å².